The average molecular weight is 607 g/mol. The van der Waals surface area contributed by atoms with Crippen LogP contribution in [0.15, 0.2) is 83.1 Å². The first kappa shape index (κ1) is 36.5. The minimum absolute atomic E-state index is 0.0152. The highest BCUT2D eigenvalue weighted by Crippen LogP contribution is 2.66. The van der Waals surface area contributed by atoms with Gasteiger partial charge in [0.25, 0.3) is 0 Å². The third-order valence-corrected chi connectivity index (χ3v) is 10.4. The van der Waals surface area contributed by atoms with E-state index in [2.05, 4.69) is 123 Å². The minimum Gasteiger partial charge on any atom is -0.393 e. The lowest BCUT2D eigenvalue weighted by Gasteiger charge is -2.48. The van der Waals surface area contributed by atoms with Gasteiger partial charge in [-0.15, -0.1) is 0 Å². The summed E-state index contributed by atoms with van der Waals surface area (Å²) >= 11 is 0. The first-order valence-electron chi connectivity index (χ1n) is 16.8. The molecule has 3 N–H and O–H groups in total. The summed E-state index contributed by atoms with van der Waals surface area (Å²) in [5.74, 6) is 0.0152. The maximum atomic E-state index is 10.9. The van der Waals surface area contributed by atoms with Crippen molar-refractivity contribution in [2.24, 2.45) is 16.7 Å². The summed E-state index contributed by atoms with van der Waals surface area (Å²) < 4.78 is 6.27. The Morgan fingerprint density at radius 3 is 1.77 bits per heavy atom. The Bertz CT molecular complexity index is 1200. The third kappa shape index (κ3) is 9.06. The highest BCUT2D eigenvalue weighted by molar-refractivity contribution is 5.35. The van der Waals surface area contributed by atoms with Crippen LogP contribution in [0.1, 0.15) is 121 Å². The Balaban J connectivity index is 1.42. The van der Waals surface area contributed by atoms with Gasteiger partial charge in [0.2, 0.25) is 0 Å². The molecule has 3 fully saturated rings. The Kier molecular flexibility index (Phi) is 11.8. The van der Waals surface area contributed by atoms with E-state index in [1.165, 1.54) is 22.3 Å². The van der Waals surface area contributed by atoms with Crippen LogP contribution in [-0.2, 0) is 4.74 Å². The van der Waals surface area contributed by atoms with E-state index in [1.807, 2.05) is 6.92 Å². The van der Waals surface area contributed by atoms with Crippen LogP contribution in [0.3, 0.4) is 0 Å². The fraction of sp³-hybridized carbons (Fsp3) is 0.650. The van der Waals surface area contributed by atoms with E-state index in [1.54, 1.807) is 0 Å². The lowest BCUT2D eigenvalue weighted by molar-refractivity contribution is -0.111. The summed E-state index contributed by atoms with van der Waals surface area (Å²) in [5.41, 5.74) is 3.54. The van der Waals surface area contributed by atoms with Crippen molar-refractivity contribution in [3.8, 4) is 0 Å². The first-order chi connectivity index (χ1) is 20.3. The van der Waals surface area contributed by atoms with Gasteiger partial charge < -0.3 is 20.1 Å². The predicted octanol–water partition coefficient (Wildman–Crippen LogP) is 9.26. The van der Waals surface area contributed by atoms with Gasteiger partial charge in [-0.25, -0.2) is 0 Å². The number of hydrogen-bond acceptors (Lipinski definition) is 4. The summed E-state index contributed by atoms with van der Waals surface area (Å²) in [5, 5.41) is 31.4. The molecule has 4 heteroatoms. The minimum atomic E-state index is -0.892. The van der Waals surface area contributed by atoms with Crippen molar-refractivity contribution in [2.75, 3.05) is 0 Å². The Morgan fingerprint density at radius 2 is 1.25 bits per heavy atom. The molecule has 2 aliphatic carbocycles. The maximum Gasteiger partial charge on any atom is 0.121 e. The molecular formula is C40H62O4. The Morgan fingerprint density at radius 1 is 0.727 bits per heavy atom. The van der Waals surface area contributed by atoms with Gasteiger partial charge in [0.05, 0.1) is 17.8 Å². The molecule has 0 spiro atoms. The van der Waals surface area contributed by atoms with Crippen molar-refractivity contribution in [1.29, 1.82) is 0 Å². The fourth-order valence-electron chi connectivity index (χ4n) is 8.09. The standard InChI is InChI=1S/C40H62O4/c1-29(17-13-19-31(3)21-22-35-36(5,6)25-33(41)27-38(35,9)43)15-11-12-16-30(2)18-14-20-32(4)23-24-40-37(7,8)26-34(42)28-39(40,10)44-40/h11-12,15-16,19-24,33-35,41-43H,13-14,17-18,25-28H2,1-10H3/b12-11+,22-21?,24-23+,29-15+,30-16+,31-19+,32-20-/t33-,34-,35?,38+,39+,40-/m0/s1. The molecule has 44 heavy (non-hydrogen) atoms. The molecule has 2 saturated carbocycles. The summed E-state index contributed by atoms with van der Waals surface area (Å²) in [6.45, 7) is 21.3. The number of aliphatic hydroxyl groups is 3. The molecule has 0 aromatic carbocycles. The number of fused-ring (bicyclic) bond motifs is 1. The van der Waals surface area contributed by atoms with E-state index in [-0.39, 0.29) is 34.1 Å². The molecule has 0 amide bonds. The number of aliphatic hydroxyl groups excluding tert-OH is 2. The highest BCUT2D eigenvalue weighted by atomic mass is 16.6. The molecule has 0 aromatic heterocycles. The second kappa shape index (κ2) is 14.2. The van der Waals surface area contributed by atoms with E-state index < -0.39 is 11.7 Å². The molecule has 1 unspecified atom stereocenters. The van der Waals surface area contributed by atoms with Gasteiger partial charge >= 0.3 is 0 Å². The zero-order valence-corrected chi connectivity index (χ0v) is 29.4. The van der Waals surface area contributed by atoms with Gasteiger partial charge in [-0.05, 0) is 91.6 Å². The maximum absolute atomic E-state index is 10.9. The van der Waals surface area contributed by atoms with Crippen molar-refractivity contribution < 1.29 is 20.1 Å². The molecule has 0 bridgehead atoms. The molecule has 246 valence electrons. The average Bonchev–Trinajstić information content (AvgIpc) is 3.49. The quantitative estimate of drug-likeness (QED) is 0.153. The normalized spacial score (nSPS) is 36.4. The van der Waals surface area contributed by atoms with Gasteiger partial charge in [0.15, 0.2) is 0 Å². The number of allylic oxidation sites excluding steroid dienone is 12. The molecule has 0 radical (unpaired) electrons. The van der Waals surface area contributed by atoms with Gasteiger partial charge in [0, 0.05) is 24.2 Å². The van der Waals surface area contributed by atoms with Gasteiger partial charge in [-0.2, -0.15) is 0 Å². The van der Waals surface area contributed by atoms with Crippen LogP contribution >= 0.6 is 0 Å². The second-order valence-corrected chi connectivity index (χ2v) is 16.0. The van der Waals surface area contributed by atoms with Crippen LogP contribution in [0.5, 0.6) is 0 Å². The van der Waals surface area contributed by atoms with E-state index >= 15 is 0 Å². The highest BCUT2D eigenvalue weighted by Gasteiger charge is 2.74. The number of hydrogen-bond donors (Lipinski definition) is 3. The SMILES string of the molecule is CC(=C/CC/C(C)=C/C=C/C=C(\C)CC/C=C(\C)C=CC1C(C)(C)C[C@H](O)C[C@@]1(C)O)/C=C/[C@@]12O[C@]1(C)C[C@@H](O)CC2(C)C. The fourth-order valence-corrected chi connectivity index (χ4v) is 8.09. The van der Waals surface area contributed by atoms with Crippen molar-refractivity contribution in [3.63, 3.8) is 0 Å². The van der Waals surface area contributed by atoms with Crippen LogP contribution in [-0.4, -0.2) is 44.3 Å². The zero-order valence-electron chi connectivity index (χ0n) is 29.4. The van der Waals surface area contributed by atoms with Crippen molar-refractivity contribution in [2.45, 2.75) is 150 Å². The molecule has 1 heterocycles. The van der Waals surface area contributed by atoms with Gasteiger partial charge in [0.1, 0.15) is 11.2 Å². The van der Waals surface area contributed by atoms with Crippen LogP contribution in [0.4, 0.5) is 0 Å². The summed E-state index contributed by atoms with van der Waals surface area (Å²) in [4.78, 5) is 0. The van der Waals surface area contributed by atoms with Crippen LogP contribution in [0.2, 0.25) is 0 Å². The lowest BCUT2D eigenvalue weighted by atomic mass is 9.61. The predicted molar refractivity (Wildman–Crippen MR) is 185 cm³/mol. The molecule has 6 atom stereocenters. The number of ether oxygens (including phenoxy) is 1. The second-order valence-electron chi connectivity index (χ2n) is 16.0. The molecular weight excluding hydrogens is 544 g/mol. The zero-order chi connectivity index (χ0) is 33.0. The molecule has 1 aliphatic heterocycles. The largest absolute Gasteiger partial charge is 0.393 e. The summed E-state index contributed by atoms with van der Waals surface area (Å²) in [6.07, 6.45) is 27.9. The van der Waals surface area contributed by atoms with Crippen LogP contribution in [0.25, 0.3) is 0 Å². The first-order valence-corrected chi connectivity index (χ1v) is 16.8. The van der Waals surface area contributed by atoms with E-state index in [0.717, 1.165) is 32.1 Å². The van der Waals surface area contributed by atoms with Crippen molar-refractivity contribution >= 4 is 0 Å². The van der Waals surface area contributed by atoms with Gasteiger partial charge in [-0.3, -0.25) is 0 Å². The summed E-state index contributed by atoms with van der Waals surface area (Å²) in [7, 11) is 0. The van der Waals surface area contributed by atoms with E-state index in [9.17, 15) is 15.3 Å². The molecule has 3 aliphatic rings. The summed E-state index contributed by atoms with van der Waals surface area (Å²) in [6, 6.07) is 0. The van der Waals surface area contributed by atoms with Gasteiger partial charge in [-0.1, -0.05) is 105 Å². The smallest absolute Gasteiger partial charge is 0.121 e. The van der Waals surface area contributed by atoms with Crippen molar-refractivity contribution in [3.05, 3.63) is 83.1 Å². The molecule has 0 aromatic rings. The van der Waals surface area contributed by atoms with E-state index in [4.69, 9.17) is 4.74 Å². The molecule has 1 saturated heterocycles. The lowest BCUT2D eigenvalue weighted by Crippen LogP contribution is -2.50. The van der Waals surface area contributed by atoms with Crippen LogP contribution < -0.4 is 0 Å². The van der Waals surface area contributed by atoms with E-state index in [0.29, 0.717) is 19.3 Å². The number of rotatable bonds is 12. The Labute approximate surface area is 269 Å². The monoisotopic (exact) mass is 606 g/mol. The Hall–Kier alpha value is -1.98. The topological polar surface area (TPSA) is 73.2 Å². The van der Waals surface area contributed by atoms with Crippen LogP contribution in [0, 0.1) is 16.7 Å². The molecule has 3 rings (SSSR count). The number of epoxide rings is 1. The van der Waals surface area contributed by atoms with Crippen molar-refractivity contribution in [1.82, 2.24) is 0 Å². The third-order valence-electron chi connectivity index (χ3n) is 10.4. The molecule has 4 nitrogen and oxygen atoms in total.